The van der Waals surface area contributed by atoms with E-state index in [2.05, 4.69) is 20.5 Å². The predicted octanol–water partition coefficient (Wildman–Crippen LogP) is 2.90. The second-order valence-corrected chi connectivity index (χ2v) is 16.9. The zero-order chi connectivity index (χ0) is 37.3. The number of nitrogens with one attached hydrogen (secondary N) is 3. The molecule has 1 aromatic heterocycles. The molecule has 3 fully saturated rings. The van der Waals surface area contributed by atoms with Gasteiger partial charge in [-0.1, -0.05) is 25.0 Å². The maximum Gasteiger partial charge on any atom is 0.408 e. The maximum atomic E-state index is 14.3. The first-order valence-corrected chi connectivity index (χ1v) is 19.4. The highest BCUT2D eigenvalue weighted by molar-refractivity contribution is 7.91. The molecule has 4 aliphatic rings. The number of fused-ring (bicyclic) bond motifs is 2. The first-order valence-electron chi connectivity index (χ1n) is 17.8. The fraction of sp³-hybridized carbons (Fsp3) is 0.556. The number of amides is 4. The van der Waals surface area contributed by atoms with Crippen molar-refractivity contribution in [2.75, 3.05) is 6.54 Å². The minimum absolute atomic E-state index is 0.0909. The first-order chi connectivity index (χ1) is 24.6. The SMILES string of the molecule is CC(C)(C)OC(=O)NC1CCCCC/C=C/C2CC2(C(=O)NS(=O)(=O)C2CC2)NC(=O)C2CC(OC(=O)c3ccc(-n4cccn4)cc3)CN2C1=O. The van der Waals surface area contributed by atoms with E-state index in [1.807, 2.05) is 12.2 Å². The zero-order valence-corrected chi connectivity index (χ0v) is 30.4. The van der Waals surface area contributed by atoms with Gasteiger partial charge in [-0.3, -0.25) is 19.1 Å². The molecule has 1 aromatic carbocycles. The van der Waals surface area contributed by atoms with Gasteiger partial charge < -0.3 is 25.0 Å². The van der Waals surface area contributed by atoms with Gasteiger partial charge in [0.05, 0.1) is 23.0 Å². The Hall–Kier alpha value is -4.73. The summed E-state index contributed by atoms with van der Waals surface area (Å²) in [5.74, 6) is -3.21. The number of carbonyl (C=O) groups is 5. The molecular weight excluding hydrogens is 692 g/mol. The van der Waals surface area contributed by atoms with Crippen molar-refractivity contribution >= 4 is 39.8 Å². The van der Waals surface area contributed by atoms with Crippen molar-refractivity contribution in [1.82, 2.24) is 30.0 Å². The highest BCUT2D eigenvalue weighted by Gasteiger charge is 2.62. The lowest BCUT2D eigenvalue weighted by atomic mass is 10.0. The third-order valence-corrected chi connectivity index (χ3v) is 11.5. The van der Waals surface area contributed by atoms with Crippen molar-refractivity contribution in [1.29, 1.82) is 0 Å². The van der Waals surface area contributed by atoms with Crippen LogP contribution in [0.4, 0.5) is 4.79 Å². The van der Waals surface area contributed by atoms with Gasteiger partial charge in [-0.25, -0.2) is 22.7 Å². The van der Waals surface area contributed by atoms with Crippen LogP contribution in [0.1, 0.15) is 88.9 Å². The molecule has 2 aliphatic heterocycles. The van der Waals surface area contributed by atoms with Gasteiger partial charge in [-0.2, -0.15) is 5.10 Å². The number of alkyl carbamates (subject to hydrolysis) is 1. The quantitative estimate of drug-likeness (QED) is 0.281. The summed E-state index contributed by atoms with van der Waals surface area (Å²) in [4.78, 5) is 69.6. The first kappa shape index (κ1) is 37.0. The molecule has 0 bridgehead atoms. The van der Waals surface area contributed by atoms with Gasteiger partial charge in [0.1, 0.15) is 29.3 Å². The topological polar surface area (TPSA) is 195 Å². The number of sulfonamides is 1. The number of carbonyl (C=O) groups excluding carboxylic acids is 5. The Morgan fingerprint density at radius 3 is 2.46 bits per heavy atom. The number of aromatic nitrogens is 2. The Balaban J connectivity index is 1.25. The highest BCUT2D eigenvalue weighted by atomic mass is 32.2. The molecular formula is C36H46N6O9S. The van der Waals surface area contributed by atoms with Crippen LogP contribution in [0.2, 0.25) is 0 Å². The molecule has 5 unspecified atom stereocenters. The Morgan fingerprint density at radius 2 is 1.79 bits per heavy atom. The van der Waals surface area contributed by atoms with E-state index in [1.54, 1.807) is 68.2 Å². The van der Waals surface area contributed by atoms with E-state index < -0.39 is 80.3 Å². The molecule has 15 nitrogen and oxygen atoms in total. The monoisotopic (exact) mass is 738 g/mol. The second kappa shape index (κ2) is 14.7. The van der Waals surface area contributed by atoms with Crippen LogP contribution in [0.25, 0.3) is 5.69 Å². The number of rotatable bonds is 7. The summed E-state index contributed by atoms with van der Waals surface area (Å²) in [7, 11) is -3.91. The lowest BCUT2D eigenvalue weighted by molar-refractivity contribution is -0.141. The van der Waals surface area contributed by atoms with Crippen LogP contribution < -0.4 is 15.4 Å². The molecule has 16 heteroatoms. The molecule has 2 saturated carbocycles. The largest absolute Gasteiger partial charge is 0.457 e. The standard InChI is InChI=1S/C36H46N6O9S/c1-35(2,3)51-34(47)38-28-11-8-6-4-5-7-10-24-21-36(24,33(46)40-52(48,49)27-16-17-27)39-30(43)29-20-26(22-41(29)31(28)44)50-32(45)23-12-14-25(15-13-23)42-19-9-18-37-42/h7,9-10,12-15,18-19,24,26-29H,4-6,8,11,16-17,20-22H2,1-3H3,(H,38,47)(H,39,43)(H,40,46)/b10-7+. The van der Waals surface area contributed by atoms with Crippen LogP contribution in [0.5, 0.6) is 0 Å². The van der Waals surface area contributed by atoms with E-state index in [0.29, 0.717) is 25.7 Å². The van der Waals surface area contributed by atoms with Gasteiger partial charge in [-0.15, -0.1) is 0 Å². The number of esters is 1. The molecule has 6 rings (SSSR count). The molecule has 2 aromatic rings. The van der Waals surface area contributed by atoms with E-state index in [9.17, 15) is 32.4 Å². The molecule has 3 N–H and O–H groups in total. The van der Waals surface area contributed by atoms with Crippen LogP contribution >= 0.6 is 0 Å². The van der Waals surface area contributed by atoms with Gasteiger partial charge >= 0.3 is 12.1 Å². The Bertz CT molecular complexity index is 1820. The van der Waals surface area contributed by atoms with Gasteiger partial charge in [0.25, 0.3) is 5.91 Å². The molecule has 5 atom stereocenters. The summed E-state index contributed by atoms with van der Waals surface area (Å²) in [5.41, 5.74) is -1.38. The fourth-order valence-electron chi connectivity index (χ4n) is 6.69. The summed E-state index contributed by atoms with van der Waals surface area (Å²) < 4.78 is 40.6. The van der Waals surface area contributed by atoms with E-state index in [4.69, 9.17) is 9.47 Å². The number of hydrogen-bond donors (Lipinski definition) is 3. The maximum absolute atomic E-state index is 14.3. The Kier molecular flexibility index (Phi) is 10.5. The third-order valence-electron chi connectivity index (χ3n) is 9.68. The van der Waals surface area contributed by atoms with Gasteiger partial charge in [0.2, 0.25) is 21.8 Å². The highest BCUT2D eigenvalue weighted by Crippen LogP contribution is 2.46. The molecule has 0 radical (unpaired) electrons. The van der Waals surface area contributed by atoms with Gasteiger partial charge in [-0.05, 0) is 89.6 Å². The summed E-state index contributed by atoms with van der Waals surface area (Å²) in [5, 5.41) is 9.02. The summed E-state index contributed by atoms with van der Waals surface area (Å²) in [6.45, 7) is 4.96. The molecule has 280 valence electrons. The summed E-state index contributed by atoms with van der Waals surface area (Å²) in [6.07, 6.45) is 9.49. The summed E-state index contributed by atoms with van der Waals surface area (Å²) >= 11 is 0. The molecule has 1 saturated heterocycles. The Morgan fingerprint density at radius 1 is 1.04 bits per heavy atom. The van der Waals surface area contributed by atoms with Crippen LogP contribution in [0, 0.1) is 5.92 Å². The van der Waals surface area contributed by atoms with Gasteiger partial charge in [0, 0.05) is 24.7 Å². The fourth-order valence-corrected chi connectivity index (χ4v) is 8.05. The van der Waals surface area contributed by atoms with E-state index in [1.165, 1.54) is 4.90 Å². The van der Waals surface area contributed by atoms with Crippen LogP contribution in [-0.2, 0) is 33.9 Å². The van der Waals surface area contributed by atoms with Crippen molar-refractivity contribution < 1.29 is 41.9 Å². The van der Waals surface area contributed by atoms with E-state index >= 15 is 0 Å². The molecule has 52 heavy (non-hydrogen) atoms. The molecule has 3 heterocycles. The van der Waals surface area contributed by atoms with Crippen LogP contribution in [-0.4, -0.2) is 94.0 Å². The van der Waals surface area contributed by atoms with Crippen LogP contribution in [0.3, 0.4) is 0 Å². The molecule has 4 amide bonds. The van der Waals surface area contributed by atoms with Crippen molar-refractivity contribution in [2.24, 2.45) is 5.92 Å². The van der Waals surface area contributed by atoms with Crippen molar-refractivity contribution in [2.45, 2.75) is 113 Å². The Labute approximate surface area is 302 Å². The lowest BCUT2D eigenvalue weighted by Gasteiger charge is -2.30. The average Bonchev–Trinajstić information content (AvgIpc) is 3.94. The van der Waals surface area contributed by atoms with Crippen molar-refractivity contribution in [3.8, 4) is 5.69 Å². The average molecular weight is 739 g/mol. The normalized spacial score (nSPS) is 27.5. The van der Waals surface area contributed by atoms with Crippen LogP contribution in [0.15, 0.2) is 54.9 Å². The second-order valence-electron chi connectivity index (χ2n) is 15.0. The van der Waals surface area contributed by atoms with E-state index in [0.717, 1.165) is 18.5 Å². The van der Waals surface area contributed by atoms with Gasteiger partial charge in [0.15, 0.2) is 0 Å². The minimum Gasteiger partial charge on any atom is -0.457 e. The number of nitrogens with zero attached hydrogens (tertiary/aromatic N) is 3. The summed E-state index contributed by atoms with van der Waals surface area (Å²) in [6, 6.07) is 6.12. The minimum atomic E-state index is -3.91. The number of hydrogen-bond acceptors (Lipinski definition) is 10. The predicted molar refractivity (Wildman–Crippen MR) is 187 cm³/mol. The number of ether oxygens (including phenoxy) is 2. The lowest BCUT2D eigenvalue weighted by Crippen LogP contribution is -2.58. The van der Waals surface area contributed by atoms with Crippen molar-refractivity contribution in [3.05, 3.63) is 60.4 Å². The van der Waals surface area contributed by atoms with Crippen molar-refractivity contribution in [3.63, 3.8) is 0 Å². The smallest absolute Gasteiger partial charge is 0.408 e. The van der Waals surface area contributed by atoms with E-state index in [-0.39, 0.29) is 31.4 Å². The zero-order valence-electron chi connectivity index (χ0n) is 29.6. The molecule has 0 spiro atoms. The number of allylic oxidation sites excluding steroid dienone is 1. The molecule has 2 aliphatic carbocycles. The number of benzene rings is 1. The third kappa shape index (κ3) is 8.65.